The molecule has 4 nitrogen and oxygen atoms in total. The maximum atomic E-state index is 11.9. The molecule has 0 aromatic rings. The third-order valence-corrected chi connectivity index (χ3v) is 1.82. The molecule has 76 valence electrons. The lowest BCUT2D eigenvalue weighted by Gasteiger charge is -2.30. The highest BCUT2D eigenvalue weighted by atomic mass is 19.3. The van der Waals surface area contributed by atoms with Crippen LogP contribution in [0.2, 0.25) is 0 Å². The topological polar surface area (TPSA) is 49.8 Å². The fourth-order valence-corrected chi connectivity index (χ4v) is 1.21. The van der Waals surface area contributed by atoms with Crippen LogP contribution in [0.4, 0.5) is 8.78 Å². The van der Waals surface area contributed by atoms with E-state index in [1.807, 2.05) is 0 Å². The number of hydrogen-bond donors (Lipinski definition) is 1. The van der Waals surface area contributed by atoms with Gasteiger partial charge in [-0.3, -0.25) is 4.90 Å². The summed E-state index contributed by atoms with van der Waals surface area (Å²) in [5, 5.41) is 8.55. The van der Waals surface area contributed by atoms with Crippen molar-refractivity contribution in [3.05, 3.63) is 0 Å². The molecular formula is C7H11F2NO3. The van der Waals surface area contributed by atoms with E-state index in [-0.39, 0.29) is 19.7 Å². The number of nitrogens with zero attached hydrogens (tertiary/aromatic N) is 1. The molecule has 6 heteroatoms. The number of ether oxygens (including phenoxy) is 1. The summed E-state index contributed by atoms with van der Waals surface area (Å²) in [4.78, 5) is 11.8. The van der Waals surface area contributed by atoms with E-state index in [1.54, 1.807) is 0 Å². The summed E-state index contributed by atoms with van der Waals surface area (Å²) in [7, 11) is 0. The van der Waals surface area contributed by atoms with E-state index < -0.39 is 18.5 Å². The normalized spacial score (nSPS) is 25.0. The predicted molar refractivity (Wildman–Crippen MR) is 39.8 cm³/mol. The molecule has 1 fully saturated rings. The number of carboxylic acid groups (broad SMARTS) is 1. The molecule has 0 aromatic heterocycles. The van der Waals surface area contributed by atoms with E-state index in [2.05, 4.69) is 0 Å². The SMILES string of the molecule is O=C(O)C1CN(CC(F)F)CCO1. The molecule has 0 aliphatic carbocycles. The molecule has 0 bridgehead atoms. The van der Waals surface area contributed by atoms with E-state index in [4.69, 9.17) is 9.84 Å². The third-order valence-electron chi connectivity index (χ3n) is 1.82. The van der Waals surface area contributed by atoms with Gasteiger partial charge in [-0.2, -0.15) is 0 Å². The van der Waals surface area contributed by atoms with Crippen LogP contribution < -0.4 is 0 Å². The van der Waals surface area contributed by atoms with Gasteiger partial charge in [0.1, 0.15) is 0 Å². The van der Waals surface area contributed by atoms with Crippen molar-refractivity contribution in [1.29, 1.82) is 0 Å². The largest absolute Gasteiger partial charge is 0.479 e. The zero-order valence-corrected chi connectivity index (χ0v) is 6.95. The molecule has 1 atom stereocenters. The van der Waals surface area contributed by atoms with Crippen LogP contribution in [-0.2, 0) is 9.53 Å². The number of halogens is 2. The van der Waals surface area contributed by atoms with Crippen LogP contribution >= 0.6 is 0 Å². The van der Waals surface area contributed by atoms with Crippen LogP contribution in [0.3, 0.4) is 0 Å². The molecule has 1 saturated heterocycles. The van der Waals surface area contributed by atoms with Crippen LogP contribution in [0.1, 0.15) is 0 Å². The van der Waals surface area contributed by atoms with Gasteiger partial charge < -0.3 is 9.84 Å². The number of rotatable bonds is 3. The Labute approximate surface area is 74.1 Å². The van der Waals surface area contributed by atoms with E-state index in [0.29, 0.717) is 6.54 Å². The molecular weight excluding hydrogens is 184 g/mol. The zero-order chi connectivity index (χ0) is 9.84. The zero-order valence-electron chi connectivity index (χ0n) is 6.95. The Hall–Kier alpha value is -0.750. The molecule has 1 aliphatic rings. The van der Waals surface area contributed by atoms with E-state index in [1.165, 1.54) is 4.90 Å². The van der Waals surface area contributed by atoms with Crippen LogP contribution in [0, 0.1) is 0 Å². The van der Waals surface area contributed by atoms with Crippen LogP contribution in [-0.4, -0.2) is 54.7 Å². The minimum atomic E-state index is -2.42. The first-order valence-corrected chi connectivity index (χ1v) is 3.94. The van der Waals surface area contributed by atoms with Crippen molar-refractivity contribution in [2.45, 2.75) is 12.5 Å². The maximum Gasteiger partial charge on any atom is 0.334 e. The molecule has 1 rings (SSSR count). The quantitative estimate of drug-likeness (QED) is 0.690. The Morgan fingerprint density at radius 1 is 1.69 bits per heavy atom. The van der Waals surface area contributed by atoms with Crippen molar-refractivity contribution >= 4 is 5.97 Å². The van der Waals surface area contributed by atoms with Crippen molar-refractivity contribution in [1.82, 2.24) is 4.90 Å². The van der Waals surface area contributed by atoms with Crippen molar-refractivity contribution in [3.63, 3.8) is 0 Å². The monoisotopic (exact) mass is 195 g/mol. The first-order chi connectivity index (χ1) is 6.09. The predicted octanol–water partition coefficient (Wildman–Crippen LogP) is 0.0369. The van der Waals surface area contributed by atoms with Crippen LogP contribution in [0.25, 0.3) is 0 Å². The van der Waals surface area contributed by atoms with Gasteiger partial charge in [-0.25, -0.2) is 13.6 Å². The van der Waals surface area contributed by atoms with Gasteiger partial charge >= 0.3 is 5.97 Å². The summed E-state index contributed by atoms with van der Waals surface area (Å²) in [5.74, 6) is -1.10. The number of aliphatic carboxylic acids is 1. The number of carboxylic acids is 1. The minimum absolute atomic E-state index is 0.0413. The van der Waals surface area contributed by atoms with E-state index in [0.717, 1.165) is 0 Å². The Bertz CT molecular complexity index is 189. The minimum Gasteiger partial charge on any atom is -0.479 e. The maximum absolute atomic E-state index is 11.9. The molecule has 13 heavy (non-hydrogen) atoms. The number of carbonyl (C=O) groups is 1. The van der Waals surface area contributed by atoms with Gasteiger partial charge in [-0.1, -0.05) is 0 Å². The molecule has 0 saturated carbocycles. The average Bonchev–Trinajstić information content (AvgIpc) is 2.03. The number of alkyl halides is 2. The Morgan fingerprint density at radius 3 is 2.92 bits per heavy atom. The third kappa shape index (κ3) is 3.23. The van der Waals surface area contributed by atoms with Crippen LogP contribution in [0.15, 0.2) is 0 Å². The summed E-state index contributed by atoms with van der Waals surface area (Å²) >= 11 is 0. The van der Waals surface area contributed by atoms with E-state index >= 15 is 0 Å². The molecule has 0 amide bonds. The van der Waals surface area contributed by atoms with Gasteiger partial charge in [-0.15, -0.1) is 0 Å². The first-order valence-electron chi connectivity index (χ1n) is 3.94. The van der Waals surface area contributed by atoms with Gasteiger partial charge in [-0.05, 0) is 0 Å². The molecule has 0 aromatic carbocycles. The molecule has 1 heterocycles. The van der Waals surface area contributed by atoms with Crippen molar-refractivity contribution < 1.29 is 23.4 Å². The van der Waals surface area contributed by atoms with E-state index in [9.17, 15) is 13.6 Å². The molecule has 1 unspecified atom stereocenters. The fraction of sp³-hybridized carbons (Fsp3) is 0.857. The lowest BCUT2D eigenvalue weighted by molar-refractivity contribution is -0.156. The second kappa shape index (κ2) is 4.48. The highest BCUT2D eigenvalue weighted by Gasteiger charge is 2.27. The Balaban J connectivity index is 2.37. The fourth-order valence-electron chi connectivity index (χ4n) is 1.21. The average molecular weight is 195 g/mol. The first kappa shape index (κ1) is 10.3. The highest BCUT2D eigenvalue weighted by Crippen LogP contribution is 2.07. The van der Waals surface area contributed by atoms with Gasteiger partial charge in [0.15, 0.2) is 6.10 Å². The lowest BCUT2D eigenvalue weighted by atomic mass is 10.3. The van der Waals surface area contributed by atoms with Gasteiger partial charge in [0.25, 0.3) is 6.43 Å². The number of morpholine rings is 1. The summed E-state index contributed by atoms with van der Waals surface area (Å²) in [6, 6.07) is 0. The lowest BCUT2D eigenvalue weighted by Crippen LogP contribution is -2.47. The van der Waals surface area contributed by atoms with Crippen molar-refractivity contribution in [2.75, 3.05) is 26.2 Å². The molecule has 0 spiro atoms. The summed E-state index contributed by atoms with van der Waals surface area (Å²) < 4.78 is 28.7. The summed E-state index contributed by atoms with van der Waals surface area (Å²) in [6.07, 6.45) is -3.39. The standard InChI is InChI=1S/C7H11F2NO3/c8-6(9)4-10-1-2-13-5(3-10)7(11)12/h5-6H,1-4H2,(H,11,12). The summed E-state index contributed by atoms with van der Waals surface area (Å²) in [5.41, 5.74) is 0. The smallest absolute Gasteiger partial charge is 0.334 e. The molecule has 1 N–H and O–H groups in total. The molecule has 1 aliphatic heterocycles. The van der Waals surface area contributed by atoms with Crippen molar-refractivity contribution in [3.8, 4) is 0 Å². The second-order valence-electron chi connectivity index (χ2n) is 2.85. The highest BCUT2D eigenvalue weighted by molar-refractivity contribution is 5.72. The van der Waals surface area contributed by atoms with Crippen molar-refractivity contribution in [2.24, 2.45) is 0 Å². The molecule has 0 radical (unpaired) electrons. The Kier molecular flexibility index (Phi) is 3.56. The summed E-state index contributed by atoms with van der Waals surface area (Å²) in [6.45, 7) is 0.227. The van der Waals surface area contributed by atoms with Crippen LogP contribution in [0.5, 0.6) is 0 Å². The second-order valence-corrected chi connectivity index (χ2v) is 2.85. The van der Waals surface area contributed by atoms with Gasteiger partial charge in [0, 0.05) is 13.1 Å². The number of hydrogen-bond acceptors (Lipinski definition) is 3. The Morgan fingerprint density at radius 2 is 2.38 bits per heavy atom. The van der Waals surface area contributed by atoms with Gasteiger partial charge in [0.2, 0.25) is 0 Å². The van der Waals surface area contributed by atoms with Gasteiger partial charge in [0.05, 0.1) is 13.2 Å².